The van der Waals surface area contributed by atoms with Crippen molar-refractivity contribution in [2.75, 3.05) is 19.6 Å². The van der Waals surface area contributed by atoms with Crippen molar-refractivity contribution in [3.05, 3.63) is 0 Å². The molecule has 0 aromatic heterocycles. The largest absolute Gasteiger partial charge is 0.481 e. The van der Waals surface area contributed by atoms with Gasteiger partial charge in [-0.05, 0) is 19.4 Å². The second-order valence-electron chi connectivity index (χ2n) is 3.97. The lowest BCUT2D eigenvalue weighted by Crippen LogP contribution is -2.39. The molecule has 1 aliphatic rings. The van der Waals surface area contributed by atoms with Crippen LogP contribution in [0, 0.1) is 23.2 Å². The Morgan fingerprint density at radius 3 is 3.07 bits per heavy atom. The Balaban J connectivity index is 2.38. The number of rotatable bonds is 3. The lowest BCUT2D eigenvalue weighted by molar-refractivity contribution is -0.141. The number of carboxylic acids is 1. The number of nitriles is 1. The minimum absolute atomic E-state index is 0.0877. The highest BCUT2D eigenvalue weighted by Gasteiger charge is 2.22. The third-order valence-corrected chi connectivity index (χ3v) is 2.64. The average molecular weight is 196 g/mol. The lowest BCUT2D eigenvalue weighted by Gasteiger charge is -2.30. The van der Waals surface area contributed by atoms with Gasteiger partial charge in [-0.2, -0.15) is 5.26 Å². The number of piperidine rings is 1. The second kappa shape index (κ2) is 4.97. The zero-order chi connectivity index (χ0) is 10.6. The summed E-state index contributed by atoms with van der Waals surface area (Å²) >= 11 is 0. The highest BCUT2D eigenvalue weighted by atomic mass is 16.4. The minimum atomic E-state index is -0.760. The first-order chi connectivity index (χ1) is 6.63. The van der Waals surface area contributed by atoms with Gasteiger partial charge in [0.15, 0.2) is 0 Å². The van der Waals surface area contributed by atoms with E-state index in [4.69, 9.17) is 10.4 Å². The Bertz CT molecular complexity index is 247. The van der Waals surface area contributed by atoms with Crippen molar-refractivity contribution in [1.29, 1.82) is 5.26 Å². The maximum Gasteiger partial charge on any atom is 0.307 e. The van der Waals surface area contributed by atoms with Gasteiger partial charge in [0.1, 0.15) is 0 Å². The van der Waals surface area contributed by atoms with Crippen LogP contribution in [0.25, 0.3) is 0 Å². The number of aliphatic carboxylic acids is 1. The summed E-state index contributed by atoms with van der Waals surface area (Å²) in [7, 11) is 0. The molecular formula is C10H16N2O2. The fourth-order valence-corrected chi connectivity index (χ4v) is 1.79. The molecule has 2 atom stereocenters. The van der Waals surface area contributed by atoms with Gasteiger partial charge in [-0.1, -0.05) is 6.92 Å². The zero-order valence-electron chi connectivity index (χ0n) is 8.44. The third-order valence-electron chi connectivity index (χ3n) is 2.64. The predicted octanol–water partition coefficient (Wildman–Crippen LogP) is 0.943. The predicted molar refractivity (Wildman–Crippen MR) is 51.6 cm³/mol. The molecule has 0 radical (unpaired) electrons. The summed E-state index contributed by atoms with van der Waals surface area (Å²) in [6.07, 6.45) is 1.96. The molecule has 2 unspecified atom stereocenters. The van der Waals surface area contributed by atoms with E-state index in [0.717, 1.165) is 25.9 Å². The summed E-state index contributed by atoms with van der Waals surface area (Å²) in [5.41, 5.74) is 0. The first-order valence-corrected chi connectivity index (χ1v) is 4.98. The Hall–Kier alpha value is -1.08. The Kier molecular flexibility index (Phi) is 3.90. The van der Waals surface area contributed by atoms with E-state index < -0.39 is 5.97 Å². The van der Waals surface area contributed by atoms with Crippen LogP contribution in [-0.2, 0) is 4.79 Å². The van der Waals surface area contributed by atoms with Gasteiger partial charge >= 0.3 is 5.97 Å². The molecule has 1 fully saturated rings. The van der Waals surface area contributed by atoms with Gasteiger partial charge in [-0.15, -0.1) is 0 Å². The molecule has 78 valence electrons. The van der Waals surface area contributed by atoms with Crippen molar-refractivity contribution in [3.63, 3.8) is 0 Å². The van der Waals surface area contributed by atoms with Crippen LogP contribution in [0.5, 0.6) is 0 Å². The molecule has 1 rings (SSSR count). The Labute approximate surface area is 84.1 Å². The summed E-state index contributed by atoms with van der Waals surface area (Å²) in [6.45, 7) is 3.93. The van der Waals surface area contributed by atoms with Crippen molar-refractivity contribution in [1.82, 2.24) is 4.90 Å². The van der Waals surface area contributed by atoms with Crippen molar-refractivity contribution in [2.24, 2.45) is 11.8 Å². The van der Waals surface area contributed by atoms with Gasteiger partial charge in [0, 0.05) is 13.1 Å². The van der Waals surface area contributed by atoms with Gasteiger partial charge in [0.05, 0.1) is 17.9 Å². The van der Waals surface area contributed by atoms with E-state index >= 15 is 0 Å². The van der Waals surface area contributed by atoms with Gasteiger partial charge in [0.25, 0.3) is 0 Å². The summed E-state index contributed by atoms with van der Waals surface area (Å²) in [6, 6.07) is 2.25. The highest BCUT2D eigenvalue weighted by Crippen LogP contribution is 2.16. The zero-order valence-corrected chi connectivity index (χ0v) is 8.44. The van der Waals surface area contributed by atoms with E-state index in [1.54, 1.807) is 6.92 Å². The van der Waals surface area contributed by atoms with E-state index in [2.05, 4.69) is 11.0 Å². The second-order valence-corrected chi connectivity index (χ2v) is 3.97. The van der Waals surface area contributed by atoms with Crippen molar-refractivity contribution < 1.29 is 9.90 Å². The third kappa shape index (κ3) is 3.00. The van der Waals surface area contributed by atoms with Gasteiger partial charge < -0.3 is 10.0 Å². The normalized spacial score (nSPS) is 25.3. The molecule has 0 aliphatic carbocycles. The Morgan fingerprint density at radius 2 is 2.50 bits per heavy atom. The van der Waals surface area contributed by atoms with Crippen LogP contribution in [0.3, 0.4) is 0 Å². The Morgan fingerprint density at radius 1 is 1.79 bits per heavy atom. The first kappa shape index (κ1) is 11.0. The molecule has 4 nitrogen and oxygen atoms in total. The number of carboxylic acid groups (broad SMARTS) is 1. The molecule has 1 heterocycles. The highest BCUT2D eigenvalue weighted by molar-refractivity contribution is 5.69. The van der Waals surface area contributed by atoms with E-state index in [9.17, 15) is 4.79 Å². The molecule has 0 aromatic carbocycles. The van der Waals surface area contributed by atoms with Crippen LogP contribution in [0.15, 0.2) is 0 Å². The average Bonchev–Trinajstić information content (AvgIpc) is 2.18. The first-order valence-electron chi connectivity index (χ1n) is 4.98. The van der Waals surface area contributed by atoms with Crippen LogP contribution in [-0.4, -0.2) is 35.6 Å². The van der Waals surface area contributed by atoms with Crippen molar-refractivity contribution in [3.8, 4) is 6.07 Å². The molecule has 14 heavy (non-hydrogen) atoms. The van der Waals surface area contributed by atoms with Crippen molar-refractivity contribution in [2.45, 2.75) is 19.8 Å². The number of likely N-dealkylation sites (tertiary alicyclic amines) is 1. The standard InChI is InChI=1S/C10H16N2O2/c1-8(10(13)14)6-12-4-2-3-9(5-11)7-12/h8-9H,2-4,6-7H2,1H3,(H,13,14). The van der Waals surface area contributed by atoms with Crippen LogP contribution in [0.1, 0.15) is 19.8 Å². The SMILES string of the molecule is CC(CN1CCCC(C#N)C1)C(=O)O. The molecule has 4 heteroatoms. The maximum atomic E-state index is 10.6. The van der Waals surface area contributed by atoms with Crippen LogP contribution in [0.2, 0.25) is 0 Å². The summed E-state index contributed by atoms with van der Waals surface area (Å²) in [5.74, 6) is -1.01. The quantitative estimate of drug-likeness (QED) is 0.729. The van der Waals surface area contributed by atoms with Crippen LogP contribution in [0.4, 0.5) is 0 Å². The van der Waals surface area contributed by atoms with E-state index in [-0.39, 0.29) is 11.8 Å². The minimum Gasteiger partial charge on any atom is -0.481 e. The van der Waals surface area contributed by atoms with E-state index in [1.807, 2.05) is 0 Å². The summed E-state index contributed by atoms with van der Waals surface area (Å²) < 4.78 is 0. The molecule has 0 aromatic rings. The summed E-state index contributed by atoms with van der Waals surface area (Å²) in [4.78, 5) is 12.7. The molecule has 0 amide bonds. The van der Waals surface area contributed by atoms with Crippen molar-refractivity contribution >= 4 is 5.97 Å². The molecule has 0 bridgehead atoms. The maximum absolute atomic E-state index is 10.6. The fourth-order valence-electron chi connectivity index (χ4n) is 1.79. The molecule has 1 aliphatic heterocycles. The van der Waals surface area contributed by atoms with Crippen LogP contribution < -0.4 is 0 Å². The molecule has 0 saturated carbocycles. The number of hydrogen-bond donors (Lipinski definition) is 1. The van der Waals surface area contributed by atoms with Gasteiger partial charge in [0.2, 0.25) is 0 Å². The number of nitrogens with zero attached hydrogens (tertiary/aromatic N) is 2. The molecule has 1 saturated heterocycles. The topological polar surface area (TPSA) is 64.3 Å². The monoisotopic (exact) mass is 196 g/mol. The van der Waals surface area contributed by atoms with Gasteiger partial charge in [-0.25, -0.2) is 0 Å². The number of hydrogen-bond acceptors (Lipinski definition) is 3. The number of carbonyl (C=O) groups is 1. The van der Waals surface area contributed by atoms with Gasteiger partial charge in [-0.3, -0.25) is 4.79 Å². The van der Waals surface area contributed by atoms with E-state index in [1.165, 1.54) is 0 Å². The molecular weight excluding hydrogens is 180 g/mol. The molecule has 0 spiro atoms. The molecule has 1 N–H and O–H groups in total. The summed E-state index contributed by atoms with van der Waals surface area (Å²) in [5, 5.41) is 17.5. The fraction of sp³-hybridized carbons (Fsp3) is 0.800. The lowest BCUT2D eigenvalue weighted by atomic mass is 9.98. The van der Waals surface area contributed by atoms with E-state index in [0.29, 0.717) is 6.54 Å². The van der Waals surface area contributed by atoms with Crippen LogP contribution >= 0.6 is 0 Å². The smallest absolute Gasteiger partial charge is 0.307 e.